The Balaban J connectivity index is 1.48. The predicted molar refractivity (Wildman–Crippen MR) is 142 cm³/mol. The fourth-order valence-corrected chi connectivity index (χ4v) is 5.47. The molecule has 8 nitrogen and oxygen atoms in total. The van der Waals surface area contributed by atoms with Crippen molar-refractivity contribution in [2.75, 3.05) is 12.9 Å². The van der Waals surface area contributed by atoms with Gasteiger partial charge in [0.05, 0.1) is 24.5 Å². The van der Waals surface area contributed by atoms with Gasteiger partial charge in [-0.25, -0.2) is 9.59 Å². The quantitative estimate of drug-likeness (QED) is 0.421. The van der Waals surface area contributed by atoms with Crippen LogP contribution in [0.25, 0.3) is 0 Å². The van der Waals surface area contributed by atoms with Crippen LogP contribution >= 0.6 is 0 Å². The molecule has 0 fully saturated rings. The molecule has 1 aliphatic rings. The summed E-state index contributed by atoms with van der Waals surface area (Å²) < 4.78 is 23.1. The first kappa shape index (κ1) is 27.1. The fraction of sp³-hybridized carbons (Fsp3) is 0.276. The molecule has 1 N–H and O–H groups in total. The van der Waals surface area contributed by atoms with Gasteiger partial charge >= 0.3 is 12.1 Å². The van der Waals surface area contributed by atoms with Crippen LogP contribution in [0.4, 0.5) is 4.79 Å². The van der Waals surface area contributed by atoms with E-state index in [1.54, 1.807) is 24.3 Å². The Hall–Kier alpha value is -3.98. The standard InChI is InChI=1S/C29H30N2O6S/c1-36-28(33)25(16-17-38(35)24-14-6-3-7-15-24)30-27(32)26-18-22-12-8-9-13-23(22)19-31(26)29(34)37-20-21-10-4-2-5-11-21/h2-15,25-26H,16-20H2,1H3,(H,30,32)/t25-,26-,38+/m0/s1. The van der Waals surface area contributed by atoms with Gasteiger partial charge in [-0.05, 0) is 35.2 Å². The van der Waals surface area contributed by atoms with Gasteiger partial charge in [0.2, 0.25) is 5.91 Å². The van der Waals surface area contributed by atoms with E-state index in [0.29, 0.717) is 4.90 Å². The van der Waals surface area contributed by atoms with E-state index in [-0.39, 0.29) is 31.7 Å². The minimum Gasteiger partial charge on any atom is -0.467 e. The Morgan fingerprint density at radius 2 is 1.58 bits per heavy atom. The van der Waals surface area contributed by atoms with Gasteiger partial charge in [-0.3, -0.25) is 13.9 Å². The minimum atomic E-state index is -1.35. The highest BCUT2D eigenvalue weighted by molar-refractivity contribution is 7.85. The van der Waals surface area contributed by atoms with Crippen LogP contribution in [0.3, 0.4) is 0 Å². The van der Waals surface area contributed by atoms with Crippen LogP contribution in [0, 0.1) is 0 Å². The number of benzene rings is 3. The highest BCUT2D eigenvalue weighted by Crippen LogP contribution is 2.25. The van der Waals surface area contributed by atoms with Crippen LogP contribution in [0.5, 0.6) is 0 Å². The van der Waals surface area contributed by atoms with Crippen LogP contribution in [0.1, 0.15) is 23.1 Å². The van der Waals surface area contributed by atoms with Crippen LogP contribution < -0.4 is 5.32 Å². The van der Waals surface area contributed by atoms with Gasteiger partial charge in [-0.1, -0.05) is 72.8 Å². The van der Waals surface area contributed by atoms with E-state index in [1.165, 1.54) is 12.0 Å². The van der Waals surface area contributed by atoms with Crippen LogP contribution in [-0.4, -0.2) is 52.0 Å². The number of hydrogen-bond donors (Lipinski definition) is 1. The number of ether oxygens (including phenoxy) is 2. The van der Waals surface area contributed by atoms with E-state index in [1.807, 2.05) is 60.7 Å². The molecule has 0 spiro atoms. The first-order valence-corrected chi connectivity index (χ1v) is 13.6. The molecule has 1 aliphatic heterocycles. The summed E-state index contributed by atoms with van der Waals surface area (Å²) in [5, 5.41) is 2.74. The fourth-order valence-electron chi connectivity index (χ4n) is 4.33. The average molecular weight is 535 g/mol. The molecule has 0 aromatic heterocycles. The van der Waals surface area contributed by atoms with Gasteiger partial charge in [-0.2, -0.15) is 0 Å². The highest BCUT2D eigenvalue weighted by atomic mass is 32.2. The monoisotopic (exact) mass is 534 g/mol. The zero-order chi connectivity index (χ0) is 26.9. The molecular formula is C29H30N2O6S. The first-order valence-electron chi connectivity index (χ1n) is 12.3. The molecule has 3 atom stereocenters. The average Bonchev–Trinajstić information content (AvgIpc) is 2.97. The normalized spacial score (nSPS) is 16.0. The number of amides is 2. The second-order valence-corrected chi connectivity index (χ2v) is 10.5. The van der Waals surface area contributed by atoms with Crippen molar-refractivity contribution in [2.24, 2.45) is 0 Å². The number of carbonyl (C=O) groups excluding carboxylic acids is 3. The third-order valence-electron chi connectivity index (χ3n) is 6.39. The van der Waals surface area contributed by atoms with Crippen molar-refractivity contribution in [3.8, 4) is 0 Å². The molecule has 0 saturated carbocycles. The van der Waals surface area contributed by atoms with Crippen molar-refractivity contribution >= 4 is 28.8 Å². The highest BCUT2D eigenvalue weighted by Gasteiger charge is 2.37. The van der Waals surface area contributed by atoms with E-state index in [9.17, 15) is 18.6 Å². The zero-order valence-electron chi connectivity index (χ0n) is 21.1. The molecule has 0 unspecified atom stereocenters. The number of nitrogens with one attached hydrogen (secondary N) is 1. The molecule has 0 aliphatic carbocycles. The molecule has 0 saturated heterocycles. The lowest BCUT2D eigenvalue weighted by atomic mass is 9.93. The van der Waals surface area contributed by atoms with Gasteiger partial charge < -0.3 is 14.8 Å². The second-order valence-electron chi connectivity index (χ2n) is 8.89. The predicted octanol–water partition coefficient (Wildman–Crippen LogP) is 3.61. The Kier molecular flexibility index (Phi) is 9.26. The summed E-state index contributed by atoms with van der Waals surface area (Å²) in [6, 6.07) is 23.9. The molecule has 3 aromatic carbocycles. The number of hydrogen-bond acceptors (Lipinski definition) is 6. The Bertz CT molecular complexity index is 1280. The molecule has 3 aromatic rings. The van der Waals surface area contributed by atoms with E-state index < -0.39 is 40.9 Å². The largest absolute Gasteiger partial charge is 0.467 e. The number of esters is 1. The summed E-state index contributed by atoms with van der Waals surface area (Å²) in [4.78, 5) is 41.2. The Labute approximate surface area is 224 Å². The molecule has 0 radical (unpaired) electrons. The van der Waals surface area contributed by atoms with Crippen LogP contribution in [-0.2, 0) is 49.4 Å². The molecule has 9 heteroatoms. The summed E-state index contributed by atoms with van der Waals surface area (Å²) in [5.41, 5.74) is 2.70. The van der Waals surface area contributed by atoms with Gasteiger partial charge in [0.25, 0.3) is 0 Å². The van der Waals surface area contributed by atoms with Crippen molar-refractivity contribution in [1.29, 1.82) is 0 Å². The number of carbonyl (C=O) groups is 3. The molecule has 198 valence electrons. The topological polar surface area (TPSA) is 102 Å². The number of fused-ring (bicyclic) bond motifs is 1. The maximum Gasteiger partial charge on any atom is 0.411 e. The SMILES string of the molecule is COC(=O)[C@H](CC[S@@](=O)c1ccccc1)NC(=O)[C@@H]1Cc2ccccc2CN1C(=O)OCc1ccccc1. The lowest BCUT2D eigenvalue weighted by Gasteiger charge is -2.35. The summed E-state index contributed by atoms with van der Waals surface area (Å²) in [6.07, 6.45) is -0.239. The van der Waals surface area contributed by atoms with Crippen LogP contribution in [0.2, 0.25) is 0 Å². The van der Waals surface area contributed by atoms with Gasteiger partial charge in [-0.15, -0.1) is 0 Å². The maximum atomic E-state index is 13.5. The van der Waals surface area contributed by atoms with Crippen molar-refractivity contribution < 1.29 is 28.1 Å². The minimum absolute atomic E-state index is 0.0717. The van der Waals surface area contributed by atoms with Crippen molar-refractivity contribution in [3.05, 3.63) is 102 Å². The maximum absolute atomic E-state index is 13.5. The van der Waals surface area contributed by atoms with Crippen molar-refractivity contribution in [3.63, 3.8) is 0 Å². The first-order chi connectivity index (χ1) is 18.5. The Morgan fingerprint density at radius 3 is 2.26 bits per heavy atom. The third-order valence-corrected chi connectivity index (χ3v) is 7.80. The van der Waals surface area contributed by atoms with Crippen LogP contribution in [0.15, 0.2) is 89.8 Å². The smallest absolute Gasteiger partial charge is 0.411 e. The molecule has 4 rings (SSSR count). The Morgan fingerprint density at radius 1 is 0.947 bits per heavy atom. The summed E-state index contributed by atoms with van der Waals surface area (Å²) in [6.45, 7) is 0.269. The second kappa shape index (κ2) is 13.0. The van der Waals surface area contributed by atoms with E-state index in [2.05, 4.69) is 5.32 Å². The van der Waals surface area contributed by atoms with E-state index >= 15 is 0 Å². The lowest BCUT2D eigenvalue weighted by Crippen LogP contribution is -2.55. The van der Waals surface area contributed by atoms with Gasteiger partial charge in [0.1, 0.15) is 18.7 Å². The summed E-state index contributed by atoms with van der Waals surface area (Å²) in [5.74, 6) is -0.990. The van der Waals surface area contributed by atoms with E-state index in [0.717, 1.165) is 16.7 Å². The zero-order valence-corrected chi connectivity index (χ0v) is 21.9. The third kappa shape index (κ3) is 6.86. The summed E-state index contributed by atoms with van der Waals surface area (Å²) in [7, 11) is -0.115. The molecule has 0 bridgehead atoms. The van der Waals surface area contributed by atoms with Crippen molar-refractivity contribution in [1.82, 2.24) is 10.2 Å². The van der Waals surface area contributed by atoms with Gasteiger partial charge in [0.15, 0.2) is 0 Å². The number of nitrogens with zero attached hydrogens (tertiary/aromatic N) is 1. The lowest BCUT2D eigenvalue weighted by molar-refractivity contribution is -0.145. The van der Waals surface area contributed by atoms with Gasteiger partial charge in [0, 0.05) is 17.1 Å². The summed E-state index contributed by atoms with van der Waals surface area (Å²) >= 11 is 0. The number of methoxy groups -OCH3 is 1. The van der Waals surface area contributed by atoms with Crippen molar-refractivity contribution in [2.45, 2.75) is 43.0 Å². The van der Waals surface area contributed by atoms with E-state index in [4.69, 9.17) is 9.47 Å². The molecule has 1 heterocycles. The molecule has 38 heavy (non-hydrogen) atoms. The molecular weight excluding hydrogens is 504 g/mol. The molecule has 2 amide bonds. The number of rotatable bonds is 9.